The van der Waals surface area contributed by atoms with Crippen molar-refractivity contribution in [3.8, 4) is 0 Å². The smallest absolute Gasteiger partial charge is 0.543 e. The average molecular weight is 260 g/mol. The molecule has 0 aliphatic carbocycles. The minimum atomic E-state index is -1.25. The number of thioether (sulfide) groups is 1. The van der Waals surface area contributed by atoms with Gasteiger partial charge in [0.1, 0.15) is 0 Å². The van der Waals surface area contributed by atoms with E-state index in [9.17, 15) is 9.90 Å². The molecule has 0 heterocycles. The summed E-state index contributed by atoms with van der Waals surface area (Å²) in [5.74, 6) is -0.420. The van der Waals surface area contributed by atoms with E-state index in [0.29, 0.717) is 6.54 Å². The van der Waals surface area contributed by atoms with E-state index in [1.165, 1.54) is 11.8 Å². The molecule has 0 unspecified atom stereocenters. The number of hydrogen-bond acceptors (Lipinski definition) is 5. The van der Waals surface area contributed by atoms with Crippen LogP contribution in [0.25, 0.3) is 0 Å². The van der Waals surface area contributed by atoms with Gasteiger partial charge in [0.2, 0.25) is 0 Å². The number of hydrazone groups is 1. The van der Waals surface area contributed by atoms with Gasteiger partial charge in [-0.1, -0.05) is 18.2 Å². The Kier molecular flexibility index (Phi) is 9.26. The second-order valence-corrected chi connectivity index (χ2v) is 4.22. The van der Waals surface area contributed by atoms with Crippen molar-refractivity contribution in [1.82, 2.24) is 5.43 Å². The van der Waals surface area contributed by atoms with E-state index in [1.54, 1.807) is 11.8 Å². The Bertz CT molecular complexity index is 371. The molecular formula is C11H13N2NaO2S. The van der Waals surface area contributed by atoms with Crippen LogP contribution in [0.2, 0.25) is 0 Å². The van der Waals surface area contributed by atoms with Crippen molar-refractivity contribution >= 4 is 23.4 Å². The number of nitrogens with one attached hydrogen (secondary N) is 1. The maximum atomic E-state index is 10.3. The first-order valence-electron chi connectivity index (χ1n) is 4.86. The fourth-order valence-electron chi connectivity index (χ4n) is 0.951. The maximum absolute atomic E-state index is 10.3. The number of nitrogens with zero attached hydrogens (tertiary/aromatic N) is 1. The Morgan fingerprint density at radius 1 is 1.41 bits per heavy atom. The molecule has 0 saturated carbocycles. The average Bonchev–Trinajstić information content (AvgIpc) is 2.29. The minimum absolute atomic E-state index is 0. The summed E-state index contributed by atoms with van der Waals surface area (Å²) < 4.78 is 0. The number of benzene rings is 1. The van der Waals surface area contributed by atoms with E-state index >= 15 is 0 Å². The first-order valence-corrected chi connectivity index (χ1v) is 5.85. The largest absolute Gasteiger partial charge is 1.00 e. The normalized spacial score (nSPS) is 10.5. The summed E-state index contributed by atoms with van der Waals surface area (Å²) in [6, 6.07) is 9.98. The molecule has 86 valence electrons. The van der Waals surface area contributed by atoms with Gasteiger partial charge in [0.15, 0.2) is 0 Å². The van der Waals surface area contributed by atoms with Crippen molar-refractivity contribution in [3.05, 3.63) is 30.3 Å². The van der Waals surface area contributed by atoms with E-state index in [4.69, 9.17) is 0 Å². The van der Waals surface area contributed by atoms with E-state index in [1.807, 2.05) is 30.3 Å². The van der Waals surface area contributed by atoms with Crippen molar-refractivity contribution in [1.29, 1.82) is 0 Å². The van der Waals surface area contributed by atoms with Crippen LogP contribution in [0.5, 0.6) is 0 Å². The SMILES string of the molecule is C/C(=N\NCCSc1ccccc1)C(=O)[O-].[Na+]. The second kappa shape index (κ2) is 9.53. The van der Waals surface area contributed by atoms with Crippen LogP contribution in [0.15, 0.2) is 40.3 Å². The maximum Gasteiger partial charge on any atom is 1.00 e. The Hall–Kier alpha value is -0.490. The number of hydrogen-bond donors (Lipinski definition) is 1. The molecule has 0 spiro atoms. The molecule has 1 aromatic rings. The zero-order chi connectivity index (χ0) is 11.8. The zero-order valence-corrected chi connectivity index (χ0v) is 12.8. The molecule has 0 aliphatic rings. The summed E-state index contributed by atoms with van der Waals surface area (Å²) in [5.41, 5.74) is 2.65. The molecule has 17 heavy (non-hydrogen) atoms. The topological polar surface area (TPSA) is 64.5 Å². The third-order valence-electron chi connectivity index (χ3n) is 1.77. The predicted molar refractivity (Wildman–Crippen MR) is 63.3 cm³/mol. The molecular weight excluding hydrogens is 247 g/mol. The summed E-state index contributed by atoms with van der Waals surface area (Å²) in [7, 11) is 0. The van der Waals surface area contributed by atoms with Crippen molar-refractivity contribution in [2.24, 2.45) is 5.10 Å². The Morgan fingerprint density at radius 3 is 2.65 bits per heavy atom. The molecule has 4 nitrogen and oxygen atoms in total. The van der Waals surface area contributed by atoms with Crippen LogP contribution in [0.4, 0.5) is 0 Å². The molecule has 0 atom stereocenters. The molecule has 0 aliphatic heterocycles. The monoisotopic (exact) mass is 260 g/mol. The Labute approximate surface area is 127 Å². The molecule has 0 amide bonds. The predicted octanol–water partition coefficient (Wildman–Crippen LogP) is -2.50. The van der Waals surface area contributed by atoms with Crippen molar-refractivity contribution in [3.63, 3.8) is 0 Å². The van der Waals surface area contributed by atoms with Gasteiger partial charge >= 0.3 is 29.6 Å². The number of carbonyl (C=O) groups excluding carboxylic acids is 1. The van der Waals surface area contributed by atoms with Gasteiger partial charge in [-0.3, -0.25) is 0 Å². The van der Waals surface area contributed by atoms with Gasteiger partial charge in [0.05, 0.1) is 11.7 Å². The van der Waals surface area contributed by atoms with Crippen molar-refractivity contribution < 1.29 is 39.5 Å². The van der Waals surface area contributed by atoms with Crippen LogP contribution in [0.3, 0.4) is 0 Å². The number of carboxylic acids is 1. The van der Waals surface area contributed by atoms with Gasteiger partial charge < -0.3 is 15.3 Å². The minimum Gasteiger partial charge on any atom is -0.543 e. The van der Waals surface area contributed by atoms with Crippen LogP contribution in [-0.2, 0) is 4.79 Å². The summed E-state index contributed by atoms with van der Waals surface area (Å²) in [6.45, 7) is 2.01. The molecule has 1 rings (SSSR count). The van der Waals surface area contributed by atoms with E-state index in [-0.39, 0.29) is 35.3 Å². The van der Waals surface area contributed by atoms with Crippen molar-refractivity contribution in [2.45, 2.75) is 11.8 Å². The van der Waals surface area contributed by atoms with Gasteiger partial charge in [0, 0.05) is 17.2 Å². The summed E-state index contributed by atoms with van der Waals surface area (Å²) in [5, 5.41) is 13.9. The number of carboxylic acid groups (broad SMARTS) is 1. The molecule has 1 N–H and O–H groups in total. The number of rotatable bonds is 6. The molecule has 0 radical (unpaired) electrons. The first-order chi connectivity index (χ1) is 7.70. The molecule has 6 heteroatoms. The van der Waals surface area contributed by atoms with E-state index in [0.717, 1.165) is 5.75 Å². The fraction of sp³-hybridized carbons (Fsp3) is 0.273. The Morgan fingerprint density at radius 2 is 2.06 bits per heavy atom. The molecule has 0 bridgehead atoms. The van der Waals surface area contributed by atoms with Crippen molar-refractivity contribution in [2.75, 3.05) is 12.3 Å². The van der Waals surface area contributed by atoms with Crippen LogP contribution < -0.4 is 40.1 Å². The van der Waals surface area contributed by atoms with Gasteiger partial charge in [-0.2, -0.15) is 5.10 Å². The Balaban J connectivity index is 0.00000256. The molecule has 0 aromatic heterocycles. The summed E-state index contributed by atoms with van der Waals surface area (Å²) >= 11 is 1.69. The quantitative estimate of drug-likeness (QED) is 0.202. The second-order valence-electron chi connectivity index (χ2n) is 3.05. The standard InChI is InChI=1S/C11H14N2O2S.Na/c1-9(11(14)15)13-12-7-8-16-10-5-3-2-4-6-10;/h2-6,12H,7-8H2,1H3,(H,14,15);/q;+1/p-1/b13-9+;. The third-order valence-corrected chi connectivity index (χ3v) is 2.78. The van der Waals surface area contributed by atoms with Gasteiger partial charge in [0.25, 0.3) is 0 Å². The van der Waals surface area contributed by atoms with Crippen LogP contribution in [0, 0.1) is 0 Å². The van der Waals surface area contributed by atoms with E-state index < -0.39 is 5.97 Å². The van der Waals surface area contributed by atoms with Crippen LogP contribution in [-0.4, -0.2) is 24.0 Å². The molecule has 0 saturated heterocycles. The summed E-state index contributed by atoms with van der Waals surface area (Å²) in [6.07, 6.45) is 0. The fourth-order valence-corrected chi connectivity index (χ4v) is 1.73. The van der Waals surface area contributed by atoms with Gasteiger partial charge in [-0.05, 0) is 19.1 Å². The first kappa shape index (κ1) is 16.5. The van der Waals surface area contributed by atoms with Gasteiger partial charge in [-0.25, -0.2) is 0 Å². The van der Waals surface area contributed by atoms with Crippen LogP contribution >= 0.6 is 11.8 Å². The van der Waals surface area contributed by atoms with Gasteiger partial charge in [-0.15, -0.1) is 11.8 Å². The zero-order valence-electron chi connectivity index (χ0n) is 9.97. The number of aliphatic carboxylic acids is 1. The van der Waals surface area contributed by atoms with E-state index in [2.05, 4.69) is 10.5 Å². The summed E-state index contributed by atoms with van der Waals surface area (Å²) in [4.78, 5) is 11.5. The molecule has 0 fully saturated rings. The number of carbonyl (C=O) groups is 1. The molecule has 1 aromatic carbocycles. The van der Waals surface area contributed by atoms with Crippen LogP contribution in [0.1, 0.15) is 6.92 Å². The third kappa shape index (κ3) is 7.44.